The van der Waals surface area contributed by atoms with Crippen molar-refractivity contribution in [3.05, 3.63) is 34.9 Å². The number of aliphatic carboxylic acids is 1. The van der Waals surface area contributed by atoms with E-state index < -0.39 is 11.6 Å². The third kappa shape index (κ3) is 4.51. The van der Waals surface area contributed by atoms with Gasteiger partial charge in [0.25, 0.3) is 0 Å². The smallest absolute Gasteiger partial charge is 0.337 e. The summed E-state index contributed by atoms with van der Waals surface area (Å²) in [5.74, 6) is -2.08. The van der Waals surface area contributed by atoms with E-state index in [1.165, 1.54) is 0 Å². The van der Waals surface area contributed by atoms with E-state index in [0.29, 0.717) is 11.4 Å². The molecule has 1 amide bonds. The van der Waals surface area contributed by atoms with Crippen LogP contribution in [0.4, 0.5) is 0 Å². The number of hydrogen-bond acceptors (Lipinski definition) is 3. The van der Waals surface area contributed by atoms with E-state index in [-0.39, 0.29) is 18.4 Å². The molecule has 1 aromatic rings. The number of nitrogens with one attached hydrogen (secondary N) is 1. The summed E-state index contributed by atoms with van der Waals surface area (Å²) >= 11 is 6.01. The number of carboxylic acids is 1. The summed E-state index contributed by atoms with van der Waals surface area (Å²) in [5, 5.41) is 21.3. The Kier molecular flexibility index (Phi) is 5.53. The van der Waals surface area contributed by atoms with E-state index in [9.17, 15) is 14.7 Å². The lowest BCUT2D eigenvalue weighted by atomic mass is 9.99. The largest absolute Gasteiger partial charge is 0.479 e. The maximum atomic E-state index is 11.9. The molecular formula is C14H18ClNO4. The molecule has 0 fully saturated rings. The lowest BCUT2D eigenvalue weighted by molar-refractivity contribution is -0.156. The van der Waals surface area contributed by atoms with Crippen molar-refractivity contribution in [2.45, 2.75) is 25.9 Å². The van der Waals surface area contributed by atoms with Crippen LogP contribution in [0.3, 0.4) is 0 Å². The van der Waals surface area contributed by atoms with Crippen molar-refractivity contribution in [2.75, 3.05) is 6.54 Å². The van der Waals surface area contributed by atoms with Crippen LogP contribution >= 0.6 is 11.6 Å². The minimum Gasteiger partial charge on any atom is -0.479 e. The van der Waals surface area contributed by atoms with Crippen molar-refractivity contribution in [3.63, 3.8) is 0 Å². The van der Waals surface area contributed by atoms with E-state index >= 15 is 0 Å². The molecule has 2 atom stereocenters. The van der Waals surface area contributed by atoms with Crippen molar-refractivity contribution >= 4 is 23.5 Å². The van der Waals surface area contributed by atoms with E-state index in [0.717, 1.165) is 12.5 Å². The van der Waals surface area contributed by atoms with Crippen LogP contribution < -0.4 is 5.32 Å². The van der Waals surface area contributed by atoms with Crippen molar-refractivity contribution in [3.8, 4) is 0 Å². The lowest BCUT2D eigenvalue weighted by Gasteiger charge is -2.20. The summed E-state index contributed by atoms with van der Waals surface area (Å²) in [6, 6.07) is 7.22. The SMILES string of the molecule is CC(Cc1ccccc1Cl)C(=O)NCC(C)(O)C(=O)O. The fourth-order valence-electron chi connectivity index (χ4n) is 1.60. The Balaban J connectivity index is 2.56. The molecule has 0 heterocycles. The average Bonchev–Trinajstić information content (AvgIpc) is 2.38. The molecule has 6 heteroatoms. The second-order valence-corrected chi connectivity index (χ2v) is 5.40. The number of benzene rings is 1. The molecule has 0 spiro atoms. The van der Waals surface area contributed by atoms with Gasteiger partial charge in [-0.25, -0.2) is 4.79 Å². The molecule has 110 valence electrons. The minimum absolute atomic E-state index is 0.327. The maximum Gasteiger partial charge on any atom is 0.337 e. The van der Waals surface area contributed by atoms with Gasteiger partial charge in [0, 0.05) is 10.9 Å². The zero-order valence-corrected chi connectivity index (χ0v) is 12.1. The number of carbonyl (C=O) groups excluding carboxylic acids is 1. The molecule has 0 saturated carbocycles. The lowest BCUT2D eigenvalue weighted by Crippen LogP contribution is -2.47. The van der Waals surface area contributed by atoms with Crippen molar-refractivity contribution < 1.29 is 19.8 Å². The summed E-state index contributed by atoms with van der Waals surface area (Å²) < 4.78 is 0. The monoisotopic (exact) mass is 299 g/mol. The van der Waals surface area contributed by atoms with Crippen LogP contribution in [-0.2, 0) is 16.0 Å². The van der Waals surface area contributed by atoms with Crippen molar-refractivity contribution in [1.82, 2.24) is 5.32 Å². The number of aliphatic hydroxyl groups is 1. The third-order valence-electron chi connectivity index (χ3n) is 3.00. The Morgan fingerprint density at radius 2 is 2.00 bits per heavy atom. The molecule has 0 aliphatic heterocycles. The zero-order valence-electron chi connectivity index (χ0n) is 11.4. The van der Waals surface area contributed by atoms with Gasteiger partial charge in [-0.05, 0) is 25.0 Å². The first-order valence-corrected chi connectivity index (χ1v) is 6.58. The molecule has 3 N–H and O–H groups in total. The predicted molar refractivity (Wildman–Crippen MR) is 75.6 cm³/mol. The summed E-state index contributed by atoms with van der Waals surface area (Å²) in [7, 11) is 0. The second kappa shape index (κ2) is 6.72. The summed E-state index contributed by atoms with van der Waals surface area (Å²) in [6.07, 6.45) is 0.445. The van der Waals surface area contributed by atoms with Crippen LogP contribution in [0.1, 0.15) is 19.4 Å². The summed E-state index contributed by atoms with van der Waals surface area (Å²) in [5.41, 5.74) is -1.12. The molecule has 0 aromatic heterocycles. The van der Waals surface area contributed by atoms with E-state index in [4.69, 9.17) is 16.7 Å². The van der Waals surface area contributed by atoms with Gasteiger partial charge >= 0.3 is 5.97 Å². The zero-order chi connectivity index (χ0) is 15.3. The molecule has 20 heavy (non-hydrogen) atoms. The van der Waals surface area contributed by atoms with E-state index in [1.54, 1.807) is 19.1 Å². The fraction of sp³-hybridized carbons (Fsp3) is 0.429. The Hall–Kier alpha value is -1.59. The molecule has 0 radical (unpaired) electrons. The van der Waals surface area contributed by atoms with Crippen LogP contribution in [0.5, 0.6) is 0 Å². The van der Waals surface area contributed by atoms with Gasteiger partial charge in [0.1, 0.15) is 0 Å². The van der Waals surface area contributed by atoms with Crippen molar-refractivity contribution in [2.24, 2.45) is 5.92 Å². The van der Waals surface area contributed by atoms with E-state index in [1.807, 2.05) is 12.1 Å². The Morgan fingerprint density at radius 1 is 1.40 bits per heavy atom. The molecule has 0 aliphatic carbocycles. The average molecular weight is 300 g/mol. The first-order chi connectivity index (χ1) is 9.24. The third-order valence-corrected chi connectivity index (χ3v) is 3.37. The first-order valence-electron chi connectivity index (χ1n) is 6.21. The van der Waals surface area contributed by atoms with Gasteiger partial charge in [-0.1, -0.05) is 36.7 Å². The second-order valence-electron chi connectivity index (χ2n) is 4.99. The molecule has 0 bridgehead atoms. The summed E-state index contributed by atoms with van der Waals surface area (Å²) in [6.45, 7) is 2.51. The normalized spacial score (nSPS) is 15.2. The van der Waals surface area contributed by atoms with E-state index in [2.05, 4.69) is 5.32 Å². The number of carboxylic acid groups (broad SMARTS) is 1. The van der Waals surface area contributed by atoms with Crippen LogP contribution in [-0.4, -0.2) is 34.2 Å². The highest BCUT2D eigenvalue weighted by atomic mass is 35.5. The molecule has 5 nitrogen and oxygen atoms in total. The van der Waals surface area contributed by atoms with Gasteiger partial charge in [0.05, 0.1) is 6.54 Å². The number of halogens is 1. The molecule has 1 aromatic carbocycles. The number of rotatable bonds is 6. The Bertz CT molecular complexity index is 502. The van der Waals surface area contributed by atoms with Gasteiger partial charge in [0.2, 0.25) is 5.91 Å². The quantitative estimate of drug-likeness (QED) is 0.742. The molecule has 1 rings (SSSR count). The van der Waals surface area contributed by atoms with Gasteiger partial charge < -0.3 is 15.5 Å². The standard InChI is InChI=1S/C14H18ClNO4/c1-9(7-10-5-3-4-6-11(10)15)12(17)16-8-14(2,20)13(18)19/h3-6,9,20H,7-8H2,1-2H3,(H,16,17)(H,18,19). The number of hydrogen-bond donors (Lipinski definition) is 3. The van der Waals surface area contributed by atoms with Crippen LogP contribution in [0.2, 0.25) is 5.02 Å². The van der Waals surface area contributed by atoms with Crippen LogP contribution in [0.25, 0.3) is 0 Å². The Labute approximate surface area is 122 Å². The maximum absolute atomic E-state index is 11.9. The highest BCUT2D eigenvalue weighted by molar-refractivity contribution is 6.31. The minimum atomic E-state index is -1.97. The van der Waals surface area contributed by atoms with Gasteiger partial charge in [-0.3, -0.25) is 4.79 Å². The number of carbonyl (C=O) groups is 2. The van der Waals surface area contributed by atoms with Gasteiger partial charge in [-0.15, -0.1) is 0 Å². The highest BCUT2D eigenvalue weighted by Crippen LogP contribution is 2.18. The molecular weight excluding hydrogens is 282 g/mol. The van der Waals surface area contributed by atoms with Crippen LogP contribution in [0.15, 0.2) is 24.3 Å². The summed E-state index contributed by atoms with van der Waals surface area (Å²) in [4.78, 5) is 22.6. The predicted octanol–water partition coefficient (Wildman–Crippen LogP) is 1.47. The van der Waals surface area contributed by atoms with Gasteiger partial charge in [-0.2, -0.15) is 0 Å². The fourth-order valence-corrected chi connectivity index (χ4v) is 1.81. The van der Waals surface area contributed by atoms with Crippen molar-refractivity contribution in [1.29, 1.82) is 0 Å². The molecule has 2 unspecified atom stereocenters. The van der Waals surface area contributed by atoms with Crippen LogP contribution in [0, 0.1) is 5.92 Å². The van der Waals surface area contributed by atoms with Gasteiger partial charge in [0.15, 0.2) is 5.60 Å². The first kappa shape index (κ1) is 16.5. The number of amides is 1. The molecule has 0 aliphatic rings. The molecule has 0 saturated heterocycles. The Morgan fingerprint density at radius 3 is 2.55 bits per heavy atom. The topological polar surface area (TPSA) is 86.6 Å². The highest BCUT2D eigenvalue weighted by Gasteiger charge is 2.30.